The van der Waals surface area contributed by atoms with Gasteiger partial charge in [0.05, 0.1) is 5.69 Å². The van der Waals surface area contributed by atoms with Crippen molar-refractivity contribution >= 4 is 5.69 Å². The van der Waals surface area contributed by atoms with Gasteiger partial charge in [0, 0.05) is 12.8 Å². The quantitative estimate of drug-likeness (QED) is 0.730. The fourth-order valence-electron chi connectivity index (χ4n) is 3.65. The Labute approximate surface area is 135 Å². The third kappa shape index (κ3) is 2.96. The summed E-state index contributed by atoms with van der Waals surface area (Å²) >= 11 is 0. The van der Waals surface area contributed by atoms with Gasteiger partial charge in [-0.15, -0.1) is 0 Å². The lowest BCUT2D eigenvalue weighted by Gasteiger charge is -2.46. The lowest BCUT2D eigenvalue weighted by atomic mass is 9.94. The number of piperidine rings is 1. The van der Waals surface area contributed by atoms with Gasteiger partial charge >= 0.3 is 0 Å². The fraction of sp³-hybridized carbons (Fsp3) is 0.647. The molecule has 0 amide bonds. The van der Waals surface area contributed by atoms with Gasteiger partial charge in [-0.25, -0.2) is 14.2 Å². The van der Waals surface area contributed by atoms with Gasteiger partial charge in [-0.1, -0.05) is 18.6 Å². The molecular weight excluding hydrogens is 301 g/mol. The Morgan fingerprint density at radius 3 is 2.22 bits per heavy atom. The van der Waals surface area contributed by atoms with Gasteiger partial charge in [0.25, 0.3) is 0 Å². The van der Waals surface area contributed by atoms with Crippen LogP contribution in [0.25, 0.3) is 0 Å². The molecule has 1 spiro atoms. The summed E-state index contributed by atoms with van der Waals surface area (Å²) < 4.78 is 14.2. The van der Waals surface area contributed by atoms with E-state index >= 15 is 0 Å². The number of hydrogen-bond acceptors (Lipinski definition) is 5. The third-order valence-corrected chi connectivity index (χ3v) is 4.89. The standard InChI is InChI=1S/C17H22FNO4/c18-13-7-2-3-8-14(13)19-15-9-6-10-16(19)21-23-17(22-20-15)11-4-1-5-12-17/h2-3,7-8,15-16H,1,4-6,9-12H2/t15-,16+. The maximum atomic E-state index is 14.2. The molecule has 1 aliphatic carbocycles. The summed E-state index contributed by atoms with van der Waals surface area (Å²) in [5, 5.41) is 0. The summed E-state index contributed by atoms with van der Waals surface area (Å²) in [6, 6.07) is 6.64. The van der Waals surface area contributed by atoms with Crippen LogP contribution in [0.5, 0.6) is 0 Å². The monoisotopic (exact) mass is 323 g/mol. The Balaban J connectivity index is 1.60. The fourth-order valence-corrected chi connectivity index (χ4v) is 3.65. The number of halogens is 1. The van der Waals surface area contributed by atoms with E-state index in [4.69, 9.17) is 19.6 Å². The summed E-state index contributed by atoms with van der Waals surface area (Å²) in [5.74, 6) is -1.11. The van der Waals surface area contributed by atoms with Gasteiger partial charge in [0.1, 0.15) is 5.82 Å². The molecule has 6 heteroatoms. The first-order chi connectivity index (χ1) is 11.3. The zero-order chi connectivity index (χ0) is 15.7. The molecule has 3 aliphatic rings. The predicted octanol–water partition coefficient (Wildman–Crippen LogP) is 4.04. The van der Waals surface area contributed by atoms with Crippen LogP contribution in [0.2, 0.25) is 0 Å². The highest BCUT2D eigenvalue weighted by atomic mass is 19.1. The van der Waals surface area contributed by atoms with Crippen molar-refractivity contribution in [3.05, 3.63) is 30.1 Å². The minimum Gasteiger partial charge on any atom is -0.312 e. The van der Waals surface area contributed by atoms with E-state index in [1.54, 1.807) is 23.1 Å². The molecule has 0 radical (unpaired) electrons. The molecule has 2 heterocycles. The highest BCUT2D eigenvalue weighted by Gasteiger charge is 2.45. The van der Waals surface area contributed by atoms with Gasteiger partial charge in [0.15, 0.2) is 12.5 Å². The normalized spacial score (nSPS) is 30.7. The molecule has 23 heavy (non-hydrogen) atoms. The van der Waals surface area contributed by atoms with Gasteiger partial charge in [-0.3, -0.25) is 0 Å². The van der Waals surface area contributed by atoms with E-state index in [0.717, 1.165) is 44.9 Å². The number of benzene rings is 1. The second kappa shape index (κ2) is 6.36. The van der Waals surface area contributed by atoms with Gasteiger partial charge in [-0.2, -0.15) is 9.78 Å². The SMILES string of the molecule is Fc1ccccc1N1[C@@H]2CCC[C@H]1OOC1(CCCCC1)OO2. The van der Waals surface area contributed by atoms with Crippen molar-refractivity contribution < 1.29 is 23.9 Å². The molecule has 4 rings (SSSR count). The molecule has 2 bridgehead atoms. The average molecular weight is 323 g/mol. The zero-order valence-corrected chi connectivity index (χ0v) is 13.1. The summed E-state index contributed by atoms with van der Waals surface area (Å²) in [6.07, 6.45) is 6.45. The minimum absolute atomic E-state index is 0.301. The first kappa shape index (κ1) is 15.3. The van der Waals surface area contributed by atoms with Crippen molar-refractivity contribution in [1.29, 1.82) is 0 Å². The van der Waals surface area contributed by atoms with E-state index in [1.807, 2.05) is 0 Å². The summed E-state index contributed by atoms with van der Waals surface area (Å²) in [4.78, 5) is 24.6. The number of hydrogen-bond donors (Lipinski definition) is 0. The number of nitrogens with zero attached hydrogens (tertiary/aromatic N) is 1. The topological polar surface area (TPSA) is 40.2 Å². The minimum atomic E-state index is -0.812. The van der Waals surface area contributed by atoms with Crippen LogP contribution >= 0.6 is 0 Å². The second-order valence-electron chi connectivity index (χ2n) is 6.53. The Bertz CT molecular complexity index is 531. The Morgan fingerprint density at radius 2 is 1.57 bits per heavy atom. The molecule has 5 nitrogen and oxygen atoms in total. The lowest BCUT2D eigenvalue weighted by molar-refractivity contribution is -0.549. The molecule has 2 saturated heterocycles. The lowest BCUT2D eigenvalue weighted by Crippen LogP contribution is -2.55. The highest BCUT2D eigenvalue weighted by Crippen LogP contribution is 2.40. The molecule has 2 aliphatic heterocycles. The highest BCUT2D eigenvalue weighted by molar-refractivity contribution is 5.49. The van der Waals surface area contributed by atoms with E-state index in [-0.39, 0.29) is 18.3 Å². The van der Waals surface area contributed by atoms with Crippen LogP contribution in [0, 0.1) is 5.82 Å². The molecule has 1 aromatic rings. The molecule has 126 valence electrons. The Morgan fingerprint density at radius 1 is 0.913 bits per heavy atom. The van der Waals surface area contributed by atoms with Crippen LogP contribution in [0.15, 0.2) is 24.3 Å². The molecule has 3 fully saturated rings. The molecule has 1 aromatic carbocycles. The van der Waals surface area contributed by atoms with Crippen molar-refractivity contribution in [3.63, 3.8) is 0 Å². The van der Waals surface area contributed by atoms with Crippen molar-refractivity contribution in [2.75, 3.05) is 4.90 Å². The van der Waals surface area contributed by atoms with Crippen LogP contribution in [0.4, 0.5) is 10.1 Å². The maximum absolute atomic E-state index is 14.2. The average Bonchev–Trinajstić information content (AvgIpc) is 2.59. The number of anilines is 1. The number of rotatable bonds is 1. The van der Waals surface area contributed by atoms with E-state index in [9.17, 15) is 4.39 Å². The van der Waals surface area contributed by atoms with E-state index < -0.39 is 5.79 Å². The summed E-state index contributed by atoms with van der Waals surface area (Å²) in [5.41, 5.74) is 0.453. The van der Waals surface area contributed by atoms with Crippen LogP contribution in [0.3, 0.4) is 0 Å². The zero-order valence-electron chi connectivity index (χ0n) is 13.1. The van der Waals surface area contributed by atoms with Crippen LogP contribution in [0.1, 0.15) is 51.4 Å². The van der Waals surface area contributed by atoms with Gasteiger partial charge < -0.3 is 4.90 Å². The molecule has 0 aromatic heterocycles. The first-order valence-corrected chi connectivity index (χ1v) is 8.49. The van der Waals surface area contributed by atoms with Crippen molar-refractivity contribution in [2.45, 2.75) is 69.6 Å². The smallest absolute Gasteiger partial charge is 0.234 e. The van der Waals surface area contributed by atoms with Crippen molar-refractivity contribution in [2.24, 2.45) is 0 Å². The Hall–Kier alpha value is -1.21. The van der Waals surface area contributed by atoms with Crippen LogP contribution in [-0.4, -0.2) is 18.2 Å². The number of para-hydroxylation sites is 1. The van der Waals surface area contributed by atoms with E-state index in [0.29, 0.717) is 5.69 Å². The van der Waals surface area contributed by atoms with E-state index in [1.165, 1.54) is 12.5 Å². The van der Waals surface area contributed by atoms with Crippen LogP contribution in [-0.2, 0) is 19.6 Å². The molecule has 1 saturated carbocycles. The maximum Gasteiger partial charge on any atom is 0.234 e. The largest absolute Gasteiger partial charge is 0.312 e. The van der Waals surface area contributed by atoms with Gasteiger partial charge in [0.2, 0.25) is 5.79 Å². The molecular formula is C17H22FNO4. The van der Waals surface area contributed by atoms with E-state index in [2.05, 4.69) is 0 Å². The molecule has 0 N–H and O–H groups in total. The first-order valence-electron chi connectivity index (χ1n) is 8.49. The van der Waals surface area contributed by atoms with Crippen LogP contribution < -0.4 is 4.90 Å². The Kier molecular flexibility index (Phi) is 4.24. The van der Waals surface area contributed by atoms with Gasteiger partial charge in [-0.05, 0) is 44.2 Å². The number of fused-ring (bicyclic) bond motifs is 2. The van der Waals surface area contributed by atoms with Crippen molar-refractivity contribution in [3.8, 4) is 0 Å². The summed E-state index contributed by atoms with van der Waals surface area (Å²) in [6.45, 7) is 0. The molecule has 2 atom stereocenters. The second-order valence-corrected chi connectivity index (χ2v) is 6.53. The predicted molar refractivity (Wildman–Crippen MR) is 80.5 cm³/mol. The molecule has 0 unspecified atom stereocenters. The third-order valence-electron chi connectivity index (χ3n) is 4.89. The van der Waals surface area contributed by atoms with Crippen molar-refractivity contribution in [1.82, 2.24) is 0 Å². The summed E-state index contributed by atoms with van der Waals surface area (Å²) in [7, 11) is 0.